The molecule has 4 aromatic rings. The molecule has 2 N–H and O–H groups in total. The van der Waals surface area contributed by atoms with Gasteiger partial charge in [-0.3, -0.25) is 0 Å². The predicted octanol–water partition coefficient (Wildman–Crippen LogP) is 4.26. The number of alkyl halides is 2. The Hall–Kier alpha value is -3.40. The van der Waals surface area contributed by atoms with E-state index in [-0.39, 0.29) is 10.8 Å². The van der Waals surface area contributed by atoms with Gasteiger partial charge in [-0.15, -0.1) is 0 Å². The standard InChI is InChI=1S/C21H20F2N4O3S/c1-13-20(26-21(25-13)24-11-19(22)23)17-12-27(18-9-8-14(30-2)10-16(17)18)31(28,29)15-6-4-3-5-7-15/h3-10,12,19H,11H2,1-2H3,(H2,24,25,26). The molecule has 0 unspecified atom stereocenters. The molecular formula is C21H20F2N4O3S. The maximum absolute atomic E-state index is 13.3. The number of aromatic amines is 1. The van der Waals surface area contributed by atoms with Crippen molar-refractivity contribution >= 4 is 26.9 Å². The van der Waals surface area contributed by atoms with Crippen LogP contribution in [0.25, 0.3) is 22.2 Å². The van der Waals surface area contributed by atoms with Crippen LogP contribution in [0.2, 0.25) is 0 Å². The molecule has 0 saturated heterocycles. The minimum Gasteiger partial charge on any atom is -0.497 e. The van der Waals surface area contributed by atoms with Crippen molar-refractivity contribution in [1.29, 1.82) is 0 Å². The van der Waals surface area contributed by atoms with E-state index in [1.54, 1.807) is 43.3 Å². The summed E-state index contributed by atoms with van der Waals surface area (Å²) in [6.45, 7) is 1.19. The first-order valence-electron chi connectivity index (χ1n) is 9.40. The van der Waals surface area contributed by atoms with E-state index in [0.29, 0.717) is 33.6 Å². The van der Waals surface area contributed by atoms with Crippen molar-refractivity contribution in [2.45, 2.75) is 18.2 Å². The predicted molar refractivity (Wildman–Crippen MR) is 114 cm³/mol. The van der Waals surface area contributed by atoms with Crippen molar-refractivity contribution in [2.24, 2.45) is 0 Å². The van der Waals surface area contributed by atoms with Crippen LogP contribution in [0.5, 0.6) is 5.75 Å². The van der Waals surface area contributed by atoms with Crippen LogP contribution in [-0.4, -0.2) is 42.4 Å². The topological polar surface area (TPSA) is 89.0 Å². The van der Waals surface area contributed by atoms with Gasteiger partial charge in [-0.05, 0) is 37.3 Å². The number of anilines is 1. The highest BCUT2D eigenvalue weighted by molar-refractivity contribution is 7.90. The number of imidazole rings is 1. The quantitative estimate of drug-likeness (QED) is 0.443. The molecule has 0 fully saturated rings. The highest BCUT2D eigenvalue weighted by Gasteiger charge is 2.24. The van der Waals surface area contributed by atoms with Gasteiger partial charge in [-0.25, -0.2) is 26.2 Å². The van der Waals surface area contributed by atoms with Crippen LogP contribution in [0.15, 0.2) is 59.6 Å². The van der Waals surface area contributed by atoms with Gasteiger partial charge in [0.25, 0.3) is 16.4 Å². The maximum atomic E-state index is 13.3. The lowest BCUT2D eigenvalue weighted by molar-refractivity contribution is 0.163. The number of halogens is 2. The van der Waals surface area contributed by atoms with Crippen molar-refractivity contribution in [3.05, 3.63) is 60.4 Å². The number of hydrogen-bond acceptors (Lipinski definition) is 5. The maximum Gasteiger partial charge on any atom is 0.268 e. The lowest BCUT2D eigenvalue weighted by Gasteiger charge is -2.07. The van der Waals surface area contributed by atoms with Crippen LogP contribution >= 0.6 is 0 Å². The van der Waals surface area contributed by atoms with Crippen LogP contribution in [0.3, 0.4) is 0 Å². The first-order valence-corrected chi connectivity index (χ1v) is 10.8. The molecular weight excluding hydrogens is 426 g/mol. The van der Waals surface area contributed by atoms with Crippen molar-refractivity contribution in [2.75, 3.05) is 19.0 Å². The molecule has 4 rings (SSSR count). The number of ether oxygens (including phenoxy) is 1. The van der Waals surface area contributed by atoms with E-state index in [1.807, 2.05) is 0 Å². The Morgan fingerprint density at radius 2 is 1.94 bits per heavy atom. The third-order valence-electron chi connectivity index (χ3n) is 4.84. The molecule has 0 aliphatic rings. The van der Waals surface area contributed by atoms with E-state index < -0.39 is 23.0 Å². The van der Waals surface area contributed by atoms with E-state index >= 15 is 0 Å². The van der Waals surface area contributed by atoms with Crippen molar-refractivity contribution in [3.8, 4) is 17.0 Å². The molecule has 2 aromatic carbocycles. The van der Waals surface area contributed by atoms with Gasteiger partial charge in [-0.1, -0.05) is 18.2 Å². The Bertz CT molecular complexity index is 1330. The molecule has 162 valence electrons. The Morgan fingerprint density at radius 1 is 1.19 bits per heavy atom. The number of H-pyrrole nitrogens is 1. The molecule has 0 aliphatic heterocycles. The van der Waals surface area contributed by atoms with Crippen molar-refractivity contribution in [1.82, 2.24) is 13.9 Å². The van der Waals surface area contributed by atoms with Gasteiger partial charge >= 0.3 is 0 Å². The lowest BCUT2D eigenvalue weighted by Crippen LogP contribution is -2.11. The van der Waals surface area contributed by atoms with Crippen LogP contribution in [-0.2, 0) is 10.0 Å². The fourth-order valence-electron chi connectivity index (χ4n) is 3.38. The molecule has 0 amide bonds. The van der Waals surface area contributed by atoms with Crippen LogP contribution in [0.1, 0.15) is 5.69 Å². The first kappa shape index (κ1) is 20.9. The molecule has 10 heteroatoms. The fraction of sp³-hybridized carbons (Fsp3) is 0.190. The third kappa shape index (κ3) is 3.86. The van der Waals surface area contributed by atoms with Gasteiger partial charge in [-0.2, -0.15) is 0 Å². The number of fused-ring (bicyclic) bond motifs is 1. The monoisotopic (exact) mass is 446 g/mol. The smallest absolute Gasteiger partial charge is 0.268 e. The zero-order valence-corrected chi connectivity index (χ0v) is 17.6. The largest absolute Gasteiger partial charge is 0.497 e. The highest BCUT2D eigenvalue weighted by Crippen LogP contribution is 2.36. The Labute approximate surface area is 177 Å². The van der Waals surface area contributed by atoms with Crippen LogP contribution in [0, 0.1) is 6.92 Å². The number of nitrogens with one attached hydrogen (secondary N) is 2. The SMILES string of the molecule is COc1ccc2c(c1)c(-c1nc(NCC(F)F)[nH]c1C)cn2S(=O)(=O)c1ccccc1. The Balaban J connectivity index is 1.91. The van der Waals surface area contributed by atoms with E-state index in [1.165, 1.54) is 29.4 Å². The number of aromatic nitrogens is 3. The molecule has 31 heavy (non-hydrogen) atoms. The average molecular weight is 446 g/mol. The minimum absolute atomic E-state index is 0.146. The zero-order chi connectivity index (χ0) is 22.2. The first-order chi connectivity index (χ1) is 14.8. The van der Waals surface area contributed by atoms with Gasteiger partial charge < -0.3 is 15.0 Å². The zero-order valence-electron chi connectivity index (χ0n) is 16.8. The number of hydrogen-bond donors (Lipinski definition) is 2. The van der Waals surface area contributed by atoms with Gasteiger partial charge in [0.1, 0.15) is 5.75 Å². The summed E-state index contributed by atoms with van der Waals surface area (Å²) in [5.74, 6) is 0.732. The summed E-state index contributed by atoms with van der Waals surface area (Å²) in [5.41, 5.74) is 2.05. The third-order valence-corrected chi connectivity index (χ3v) is 6.53. The number of methoxy groups -OCH3 is 1. The summed E-state index contributed by atoms with van der Waals surface area (Å²) < 4.78 is 58.3. The van der Waals surface area contributed by atoms with E-state index in [4.69, 9.17) is 4.74 Å². The molecule has 0 atom stereocenters. The molecule has 0 spiro atoms. The highest BCUT2D eigenvalue weighted by atomic mass is 32.2. The average Bonchev–Trinajstić information content (AvgIpc) is 3.32. The summed E-state index contributed by atoms with van der Waals surface area (Å²) in [6, 6.07) is 13.2. The Morgan fingerprint density at radius 3 is 2.61 bits per heavy atom. The van der Waals surface area contributed by atoms with Gasteiger partial charge in [0.15, 0.2) is 0 Å². The summed E-state index contributed by atoms with van der Waals surface area (Å²) in [6.07, 6.45) is -1.04. The Kier molecular flexibility index (Phi) is 5.40. The van der Waals surface area contributed by atoms with Crippen LogP contribution in [0.4, 0.5) is 14.7 Å². The molecule has 7 nitrogen and oxygen atoms in total. The molecule has 2 heterocycles. The van der Waals surface area contributed by atoms with E-state index in [0.717, 1.165) is 0 Å². The molecule has 2 aromatic heterocycles. The minimum atomic E-state index is -3.88. The molecule has 0 radical (unpaired) electrons. The summed E-state index contributed by atoms with van der Waals surface area (Å²) in [7, 11) is -2.36. The van der Waals surface area contributed by atoms with E-state index in [9.17, 15) is 17.2 Å². The number of aryl methyl sites for hydroxylation is 1. The van der Waals surface area contributed by atoms with Gasteiger partial charge in [0.2, 0.25) is 5.95 Å². The molecule has 0 aliphatic carbocycles. The number of benzene rings is 2. The fourth-order valence-corrected chi connectivity index (χ4v) is 4.77. The second kappa shape index (κ2) is 8.03. The lowest BCUT2D eigenvalue weighted by atomic mass is 10.1. The second-order valence-electron chi connectivity index (χ2n) is 6.87. The van der Waals surface area contributed by atoms with Gasteiger partial charge in [0, 0.05) is 22.8 Å². The van der Waals surface area contributed by atoms with Crippen molar-refractivity contribution < 1.29 is 21.9 Å². The van der Waals surface area contributed by atoms with E-state index in [2.05, 4.69) is 15.3 Å². The molecule has 0 bridgehead atoms. The summed E-state index contributed by atoms with van der Waals surface area (Å²) in [5, 5.41) is 3.15. The summed E-state index contributed by atoms with van der Waals surface area (Å²) >= 11 is 0. The van der Waals surface area contributed by atoms with Gasteiger partial charge in [0.05, 0.1) is 29.8 Å². The normalized spacial score (nSPS) is 11.9. The number of nitrogens with zero attached hydrogens (tertiary/aromatic N) is 2. The second-order valence-corrected chi connectivity index (χ2v) is 8.69. The summed E-state index contributed by atoms with van der Waals surface area (Å²) in [4.78, 5) is 7.45. The van der Waals surface area contributed by atoms with Crippen LogP contribution < -0.4 is 10.1 Å². The number of rotatable bonds is 7. The molecule has 0 saturated carbocycles. The van der Waals surface area contributed by atoms with Crippen molar-refractivity contribution in [3.63, 3.8) is 0 Å².